The van der Waals surface area contributed by atoms with E-state index < -0.39 is 12.1 Å². The minimum absolute atomic E-state index is 0.00982. The summed E-state index contributed by atoms with van der Waals surface area (Å²) in [5.74, 6) is 0.564. The highest BCUT2D eigenvalue weighted by Crippen LogP contribution is 2.30. The van der Waals surface area contributed by atoms with Crippen molar-refractivity contribution in [1.82, 2.24) is 25.0 Å². The van der Waals surface area contributed by atoms with Crippen molar-refractivity contribution in [3.05, 3.63) is 47.5 Å². The van der Waals surface area contributed by atoms with E-state index in [0.717, 1.165) is 30.6 Å². The molecule has 1 saturated heterocycles. The zero-order chi connectivity index (χ0) is 18.8. The third-order valence-corrected chi connectivity index (χ3v) is 5.24. The maximum atomic E-state index is 12.0. The molecule has 1 saturated carbocycles. The molecule has 2 aromatic rings. The molecular formula is C19H23N5O3. The van der Waals surface area contributed by atoms with Crippen LogP contribution in [-0.4, -0.2) is 43.3 Å². The maximum Gasteiger partial charge on any atom is 0.325 e. The first kappa shape index (κ1) is 17.7. The fourth-order valence-electron chi connectivity index (χ4n) is 3.76. The van der Waals surface area contributed by atoms with Gasteiger partial charge in [-0.3, -0.25) is 9.69 Å². The van der Waals surface area contributed by atoms with Crippen molar-refractivity contribution in [1.29, 1.82) is 0 Å². The second kappa shape index (κ2) is 7.48. The van der Waals surface area contributed by atoms with Crippen molar-refractivity contribution >= 4 is 11.9 Å². The van der Waals surface area contributed by atoms with Crippen molar-refractivity contribution in [2.24, 2.45) is 0 Å². The molecule has 1 aromatic carbocycles. The standard InChI is InChI=1S/C19H23N5O3/c25-16-11-20-19(27)23(16)12-15-21-18(17(26)13-7-3-1-4-8-13)22-24(15)14-9-5-2-6-10-14/h1,3-4,7-8,14,17,26H,2,5-6,9-12H2,(H,20,27)/t17-/m0/s1. The molecule has 0 spiro atoms. The number of nitrogens with one attached hydrogen (secondary N) is 1. The third-order valence-electron chi connectivity index (χ3n) is 5.24. The van der Waals surface area contributed by atoms with E-state index in [1.807, 2.05) is 35.0 Å². The molecule has 1 aromatic heterocycles. The predicted molar refractivity (Wildman–Crippen MR) is 96.6 cm³/mol. The Morgan fingerprint density at radius 3 is 2.56 bits per heavy atom. The molecule has 0 radical (unpaired) electrons. The Balaban J connectivity index is 1.66. The number of imide groups is 1. The van der Waals surface area contributed by atoms with Crippen LogP contribution in [0.3, 0.4) is 0 Å². The quantitative estimate of drug-likeness (QED) is 0.784. The maximum absolute atomic E-state index is 12.0. The van der Waals surface area contributed by atoms with Gasteiger partial charge in [-0.15, -0.1) is 0 Å². The van der Waals surface area contributed by atoms with Crippen molar-refractivity contribution in [2.75, 3.05) is 6.54 Å². The van der Waals surface area contributed by atoms with E-state index in [-0.39, 0.29) is 25.0 Å². The Morgan fingerprint density at radius 2 is 1.89 bits per heavy atom. The molecule has 2 heterocycles. The second-order valence-corrected chi connectivity index (χ2v) is 7.07. The highest BCUT2D eigenvalue weighted by Gasteiger charge is 2.32. The number of urea groups is 1. The zero-order valence-corrected chi connectivity index (χ0v) is 15.0. The summed E-state index contributed by atoms with van der Waals surface area (Å²) in [5.41, 5.74) is 0.708. The molecule has 1 atom stereocenters. The number of carbonyl (C=O) groups excluding carboxylic acids is 2. The third kappa shape index (κ3) is 3.57. The van der Waals surface area contributed by atoms with Crippen molar-refractivity contribution < 1.29 is 14.7 Å². The van der Waals surface area contributed by atoms with Crippen LogP contribution in [0.2, 0.25) is 0 Å². The van der Waals surface area contributed by atoms with Crippen LogP contribution in [0.4, 0.5) is 4.79 Å². The van der Waals surface area contributed by atoms with Crippen LogP contribution in [0.1, 0.15) is 61.5 Å². The molecule has 8 nitrogen and oxygen atoms in total. The van der Waals surface area contributed by atoms with Crippen molar-refractivity contribution in [2.45, 2.75) is 50.8 Å². The SMILES string of the molecule is O=C1CNC(=O)N1Cc1nc([C@@H](O)c2ccccc2)nn1C1CCCCC1. The Bertz CT molecular complexity index is 813. The smallest absolute Gasteiger partial charge is 0.325 e. The summed E-state index contributed by atoms with van der Waals surface area (Å²) >= 11 is 0. The van der Waals surface area contributed by atoms with Gasteiger partial charge in [0.05, 0.1) is 19.1 Å². The highest BCUT2D eigenvalue weighted by molar-refractivity contribution is 6.01. The van der Waals surface area contributed by atoms with E-state index in [2.05, 4.69) is 15.4 Å². The van der Waals surface area contributed by atoms with Gasteiger partial charge in [-0.25, -0.2) is 14.5 Å². The van der Waals surface area contributed by atoms with Crippen molar-refractivity contribution in [3.8, 4) is 0 Å². The summed E-state index contributed by atoms with van der Waals surface area (Å²) in [5, 5.41) is 17.8. The lowest BCUT2D eigenvalue weighted by Crippen LogP contribution is -2.32. The molecule has 2 N–H and O–H groups in total. The molecular weight excluding hydrogens is 346 g/mol. The second-order valence-electron chi connectivity index (χ2n) is 7.07. The van der Waals surface area contributed by atoms with Gasteiger partial charge in [0, 0.05) is 0 Å². The number of hydrogen-bond acceptors (Lipinski definition) is 5. The number of aromatic nitrogens is 3. The van der Waals surface area contributed by atoms with Gasteiger partial charge < -0.3 is 10.4 Å². The lowest BCUT2D eigenvalue weighted by atomic mass is 9.95. The summed E-state index contributed by atoms with van der Waals surface area (Å²) < 4.78 is 1.82. The van der Waals surface area contributed by atoms with Crippen molar-refractivity contribution in [3.63, 3.8) is 0 Å². The molecule has 2 fully saturated rings. The number of rotatable bonds is 5. The summed E-state index contributed by atoms with van der Waals surface area (Å²) in [4.78, 5) is 29.6. The fourth-order valence-corrected chi connectivity index (χ4v) is 3.76. The number of aliphatic hydroxyl groups excluding tert-OH is 1. The van der Waals surface area contributed by atoms with Gasteiger partial charge in [-0.05, 0) is 18.4 Å². The first-order valence-corrected chi connectivity index (χ1v) is 9.40. The molecule has 1 aliphatic carbocycles. The molecule has 0 bridgehead atoms. The van der Waals surface area contributed by atoms with E-state index in [1.165, 1.54) is 6.42 Å². The molecule has 4 rings (SSSR count). The molecule has 3 amide bonds. The van der Waals surface area contributed by atoms with Gasteiger partial charge in [0.25, 0.3) is 0 Å². The fraction of sp³-hybridized carbons (Fsp3) is 0.474. The zero-order valence-electron chi connectivity index (χ0n) is 15.0. The van der Waals surface area contributed by atoms with Crippen LogP contribution >= 0.6 is 0 Å². The van der Waals surface area contributed by atoms with Crippen LogP contribution in [-0.2, 0) is 11.3 Å². The molecule has 1 aliphatic heterocycles. The van der Waals surface area contributed by atoms with Gasteiger partial charge >= 0.3 is 6.03 Å². The molecule has 0 unspecified atom stereocenters. The summed E-state index contributed by atoms with van der Waals surface area (Å²) in [6.45, 7) is 0.0750. The summed E-state index contributed by atoms with van der Waals surface area (Å²) in [6.07, 6.45) is 4.45. The van der Waals surface area contributed by atoms with Crippen LogP contribution in [0, 0.1) is 0 Å². The molecule has 142 valence electrons. The number of amides is 3. The van der Waals surface area contributed by atoms with Crippen LogP contribution < -0.4 is 5.32 Å². The van der Waals surface area contributed by atoms with E-state index in [9.17, 15) is 14.7 Å². The van der Waals surface area contributed by atoms with Crippen LogP contribution in [0.5, 0.6) is 0 Å². The minimum Gasteiger partial charge on any atom is -0.380 e. The minimum atomic E-state index is -0.946. The average molecular weight is 369 g/mol. The monoisotopic (exact) mass is 369 g/mol. The predicted octanol–water partition coefficient (Wildman–Crippen LogP) is 1.92. The Morgan fingerprint density at radius 1 is 1.15 bits per heavy atom. The number of aliphatic hydroxyl groups is 1. The lowest BCUT2D eigenvalue weighted by Gasteiger charge is -2.24. The number of carbonyl (C=O) groups is 2. The normalized spacial score (nSPS) is 19.4. The largest absolute Gasteiger partial charge is 0.380 e. The first-order valence-electron chi connectivity index (χ1n) is 9.40. The topological polar surface area (TPSA) is 100 Å². The van der Waals surface area contributed by atoms with Gasteiger partial charge in [0.15, 0.2) is 5.82 Å². The lowest BCUT2D eigenvalue weighted by molar-refractivity contribution is -0.125. The Hall–Kier alpha value is -2.74. The molecule has 8 heteroatoms. The summed E-state index contributed by atoms with van der Waals surface area (Å²) in [7, 11) is 0. The van der Waals surface area contributed by atoms with E-state index in [1.54, 1.807) is 0 Å². The van der Waals surface area contributed by atoms with E-state index in [0.29, 0.717) is 17.2 Å². The first-order chi connectivity index (χ1) is 13.1. The number of hydrogen-bond donors (Lipinski definition) is 2. The average Bonchev–Trinajstić information content (AvgIpc) is 3.27. The molecule has 2 aliphatic rings. The Labute approximate surface area is 157 Å². The van der Waals surface area contributed by atoms with Gasteiger partial charge in [0.2, 0.25) is 5.91 Å². The van der Waals surface area contributed by atoms with Gasteiger partial charge in [-0.2, -0.15) is 5.10 Å². The highest BCUT2D eigenvalue weighted by atomic mass is 16.3. The van der Waals surface area contributed by atoms with Crippen LogP contribution in [0.25, 0.3) is 0 Å². The number of nitrogens with zero attached hydrogens (tertiary/aromatic N) is 4. The van der Waals surface area contributed by atoms with Crippen LogP contribution in [0.15, 0.2) is 30.3 Å². The molecule has 27 heavy (non-hydrogen) atoms. The van der Waals surface area contributed by atoms with E-state index >= 15 is 0 Å². The number of benzene rings is 1. The Kier molecular flexibility index (Phi) is 4.89. The van der Waals surface area contributed by atoms with Gasteiger partial charge in [0.1, 0.15) is 11.9 Å². The summed E-state index contributed by atoms with van der Waals surface area (Å²) in [6, 6.07) is 9.00. The van der Waals surface area contributed by atoms with E-state index in [4.69, 9.17) is 0 Å². The van der Waals surface area contributed by atoms with Gasteiger partial charge in [-0.1, -0.05) is 49.6 Å².